The van der Waals surface area contributed by atoms with Crippen molar-refractivity contribution in [2.75, 3.05) is 39.1 Å². The molecule has 134 valence electrons. The Morgan fingerprint density at radius 3 is 2.50 bits per heavy atom. The summed E-state index contributed by atoms with van der Waals surface area (Å²) in [4.78, 5) is 23.5. The van der Waals surface area contributed by atoms with Crippen molar-refractivity contribution in [1.29, 1.82) is 0 Å². The Morgan fingerprint density at radius 2 is 1.92 bits per heavy atom. The summed E-state index contributed by atoms with van der Waals surface area (Å²) in [5.74, 6) is 0.0866. The van der Waals surface area contributed by atoms with Gasteiger partial charge in [-0.05, 0) is 39.0 Å². The van der Waals surface area contributed by atoms with Crippen LogP contribution in [0.4, 0.5) is 0 Å². The van der Waals surface area contributed by atoms with E-state index in [1.165, 1.54) is 0 Å². The standard InChI is InChI=1S/C17H28N4O2S/c1-12(11-21-7-9-23-10-8-21)18-16(22)6-5-15-13(2)19-17(24-4)20-14(15)3/h12H,5-11H2,1-4H3,(H,18,22). The molecule has 1 N–H and O–H groups in total. The number of carbonyl (C=O) groups is 1. The molecule has 1 amide bonds. The first kappa shape index (κ1) is 19.1. The summed E-state index contributed by atoms with van der Waals surface area (Å²) < 4.78 is 5.35. The number of amides is 1. The quantitative estimate of drug-likeness (QED) is 0.594. The fourth-order valence-electron chi connectivity index (χ4n) is 2.96. The van der Waals surface area contributed by atoms with Crippen molar-refractivity contribution in [3.63, 3.8) is 0 Å². The molecule has 0 spiro atoms. The van der Waals surface area contributed by atoms with E-state index in [0.717, 1.165) is 55.0 Å². The summed E-state index contributed by atoms with van der Waals surface area (Å²) in [6.07, 6.45) is 3.12. The first-order chi connectivity index (χ1) is 11.5. The minimum absolute atomic E-state index is 0.0866. The van der Waals surface area contributed by atoms with Crippen LogP contribution in [0.1, 0.15) is 30.3 Å². The van der Waals surface area contributed by atoms with E-state index in [1.54, 1.807) is 11.8 Å². The van der Waals surface area contributed by atoms with Crippen LogP contribution in [0.5, 0.6) is 0 Å². The Bertz CT molecular complexity index is 539. The lowest BCUT2D eigenvalue weighted by molar-refractivity contribution is -0.121. The molecule has 0 saturated carbocycles. The van der Waals surface area contributed by atoms with E-state index in [2.05, 4.69) is 27.1 Å². The van der Waals surface area contributed by atoms with Crippen molar-refractivity contribution in [2.24, 2.45) is 0 Å². The van der Waals surface area contributed by atoms with Crippen LogP contribution in [0, 0.1) is 13.8 Å². The van der Waals surface area contributed by atoms with Crippen molar-refractivity contribution < 1.29 is 9.53 Å². The highest BCUT2D eigenvalue weighted by Gasteiger charge is 2.16. The molecule has 1 unspecified atom stereocenters. The van der Waals surface area contributed by atoms with Crippen LogP contribution >= 0.6 is 11.8 Å². The first-order valence-electron chi connectivity index (χ1n) is 8.47. The summed E-state index contributed by atoms with van der Waals surface area (Å²) in [6, 6.07) is 0.146. The zero-order valence-electron chi connectivity index (χ0n) is 15.1. The number of hydrogen-bond donors (Lipinski definition) is 1. The molecule has 1 aromatic rings. The third-order valence-corrected chi connectivity index (χ3v) is 4.78. The number of nitrogens with one attached hydrogen (secondary N) is 1. The van der Waals surface area contributed by atoms with E-state index in [4.69, 9.17) is 4.74 Å². The minimum Gasteiger partial charge on any atom is -0.379 e. The SMILES string of the molecule is CSc1nc(C)c(CCC(=O)NC(C)CN2CCOCC2)c(C)n1. The van der Waals surface area contributed by atoms with Gasteiger partial charge in [-0.3, -0.25) is 9.69 Å². The minimum atomic E-state index is 0.0866. The number of nitrogens with zero attached hydrogens (tertiary/aromatic N) is 3. The van der Waals surface area contributed by atoms with Gasteiger partial charge in [0, 0.05) is 43.5 Å². The molecule has 0 bridgehead atoms. The van der Waals surface area contributed by atoms with Gasteiger partial charge in [-0.15, -0.1) is 0 Å². The molecule has 24 heavy (non-hydrogen) atoms. The van der Waals surface area contributed by atoms with Gasteiger partial charge >= 0.3 is 0 Å². The van der Waals surface area contributed by atoms with Gasteiger partial charge in [0.1, 0.15) is 0 Å². The van der Waals surface area contributed by atoms with Crippen LogP contribution in [-0.2, 0) is 16.0 Å². The Labute approximate surface area is 148 Å². The lowest BCUT2D eigenvalue weighted by atomic mass is 10.1. The zero-order chi connectivity index (χ0) is 17.5. The summed E-state index contributed by atoms with van der Waals surface area (Å²) in [6.45, 7) is 10.4. The van der Waals surface area contributed by atoms with Gasteiger partial charge in [-0.25, -0.2) is 9.97 Å². The molecule has 2 heterocycles. The second-order valence-corrected chi connectivity index (χ2v) is 7.01. The number of thioether (sulfide) groups is 1. The Balaban J connectivity index is 1.80. The molecule has 1 atom stereocenters. The van der Waals surface area contributed by atoms with Gasteiger partial charge in [0.25, 0.3) is 0 Å². The van der Waals surface area contributed by atoms with Gasteiger partial charge in [0.05, 0.1) is 13.2 Å². The van der Waals surface area contributed by atoms with Crippen LogP contribution in [0.3, 0.4) is 0 Å². The van der Waals surface area contributed by atoms with Crippen LogP contribution in [0.25, 0.3) is 0 Å². The van der Waals surface area contributed by atoms with Gasteiger partial charge < -0.3 is 10.1 Å². The molecule has 0 radical (unpaired) electrons. The monoisotopic (exact) mass is 352 g/mol. The fourth-order valence-corrected chi connectivity index (χ4v) is 3.42. The van der Waals surface area contributed by atoms with E-state index in [1.807, 2.05) is 20.1 Å². The number of morpholine rings is 1. The number of carbonyl (C=O) groups excluding carboxylic acids is 1. The molecular formula is C17H28N4O2S. The van der Waals surface area contributed by atoms with Gasteiger partial charge in [-0.1, -0.05) is 11.8 Å². The number of rotatable bonds is 7. The molecule has 2 rings (SSSR count). The average molecular weight is 353 g/mol. The zero-order valence-corrected chi connectivity index (χ0v) is 15.9. The maximum absolute atomic E-state index is 12.2. The van der Waals surface area contributed by atoms with Gasteiger partial charge in [0.2, 0.25) is 5.91 Å². The van der Waals surface area contributed by atoms with E-state index >= 15 is 0 Å². The maximum atomic E-state index is 12.2. The van der Waals surface area contributed by atoms with Gasteiger partial charge in [-0.2, -0.15) is 0 Å². The Hall–Kier alpha value is -1.18. The summed E-state index contributed by atoms with van der Waals surface area (Å²) in [5, 5.41) is 3.88. The topological polar surface area (TPSA) is 67.4 Å². The van der Waals surface area contributed by atoms with Crippen LogP contribution in [0.2, 0.25) is 0 Å². The summed E-state index contributed by atoms with van der Waals surface area (Å²) >= 11 is 1.54. The molecule has 0 aliphatic carbocycles. The molecule has 1 aliphatic rings. The highest BCUT2D eigenvalue weighted by atomic mass is 32.2. The third kappa shape index (κ3) is 5.72. The van der Waals surface area contributed by atoms with Crippen molar-refractivity contribution in [1.82, 2.24) is 20.2 Å². The van der Waals surface area contributed by atoms with Gasteiger partial charge in [0.15, 0.2) is 5.16 Å². The predicted octanol–water partition coefficient (Wildman–Crippen LogP) is 1.58. The largest absolute Gasteiger partial charge is 0.379 e. The molecule has 1 fully saturated rings. The first-order valence-corrected chi connectivity index (χ1v) is 9.69. The number of aryl methyl sites for hydroxylation is 2. The normalized spacial score (nSPS) is 16.8. The number of hydrogen-bond acceptors (Lipinski definition) is 6. The van der Waals surface area contributed by atoms with Crippen molar-refractivity contribution >= 4 is 17.7 Å². The maximum Gasteiger partial charge on any atom is 0.220 e. The number of aromatic nitrogens is 2. The van der Waals surface area contributed by atoms with Crippen LogP contribution in [0.15, 0.2) is 5.16 Å². The molecule has 1 saturated heterocycles. The highest BCUT2D eigenvalue weighted by Crippen LogP contribution is 2.17. The van der Waals surface area contributed by atoms with E-state index in [9.17, 15) is 4.79 Å². The molecule has 0 aromatic carbocycles. The van der Waals surface area contributed by atoms with E-state index in [0.29, 0.717) is 12.8 Å². The Kier molecular flexibility index (Phi) is 7.45. The molecular weight excluding hydrogens is 324 g/mol. The summed E-state index contributed by atoms with van der Waals surface area (Å²) in [7, 11) is 0. The lowest BCUT2D eigenvalue weighted by Gasteiger charge is -2.29. The smallest absolute Gasteiger partial charge is 0.220 e. The van der Waals surface area contributed by atoms with Crippen LogP contribution in [-0.4, -0.2) is 65.9 Å². The second-order valence-electron chi connectivity index (χ2n) is 6.24. The number of ether oxygens (including phenoxy) is 1. The van der Waals surface area contributed by atoms with Crippen LogP contribution < -0.4 is 5.32 Å². The third-order valence-electron chi connectivity index (χ3n) is 4.23. The van der Waals surface area contributed by atoms with Crippen molar-refractivity contribution in [3.8, 4) is 0 Å². The highest BCUT2D eigenvalue weighted by molar-refractivity contribution is 7.98. The van der Waals surface area contributed by atoms with E-state index < -0.39 is 0 Å². The molecule has 1 aliphatic heterocycles. The van der Waals surface area contributed by atoms with E-state index in [-0.39, 0.29) is 11.9 Å². The Morgan fingerprint density at radius 1 is 1.29 bits per heavy atom. The summed E-state index contributed by atoms with van der Waals surface area (Å²) in [5.41, 5.74) is 3.03. The molecule has 1 aromatic heterocycles. The predicted molar refractivity (Wildman–Crippen MR) is 96.5 cm³/mol. The molecule has 7 heteroatoms. The second kappa shape index (κ2) is 9.34. The van der Waals surface area contributed by atoms with Crippen molar-refractivity contribution in [2.45, 2.75) is 44.8 Å². The lowest BCUT2D eigenvalue weighted by Crippen LogP contribution is -2.46. The average Bonchev–Trinajstić information content (AvgIpc) is 2.54. The van der Waals surface area contributed by atoms with Crippen molar-refractivity contribution in [3.05, 3.63) is 17.0 Å². The fraction of sp³-hybridized carbons (Fsp3) is 0.706. The molecule has 6 nitrogen and oxygen atoms in total.